The number of nitrogens with zero attached hydrogens (tertiary/aromatic N) is 4. The molecule has 0 amide bonds. The molecule has 8 heteroatoms. The molecule has 2 aliphatic rings. The zero-order valence-corrected chi connectivity index (χ0v) is 18.8. The summed E-state index contributed by atoms with van der Waals surface area (Å²) in [5.41, 5.74) is 2.14. The number of hydrogen-bond donors (Lipinski definition) is 1. The Morgan fingerprint density at radius 3 is 2.26 bits per heavy atom. The van der Waals surface area contributed by atoms with Crippen molar-refractivity contribution in [3.8, 4) is 0 Å². The average Bonchev–Trinajstić information content (AvgIpc) is 3.16. The van der Waals surface area contributed by atoms with Crippen LogP contribution in [0.3, 0.4) is 0 Å². The number of rotatable bonds is 5. The Morgan fingerprint density at radius 1 is 0.935 bits per heavy atom. The van der Waals surface area contributed by atoms with Gasteiger partial charge in [-0.05, 0) is 62.4 Å². The molecule has 3 aromatic rings. The largest absolute Gasteiger partial charge is 0.368 e. The van der Waals surface area contributed by atoms with Crippen molar-refractivity contribution in [2.45, 2.75) is 29.8 Å². The zero-order valence-electron chi connectivity index (χ0n) is 18.0. The molecule has 2 aromatic heterocycles. The molecule has 1 saturated carbocycles. The molecule has 0 bridgehead atoms. The number of benzene rings is 1. The SMILES string of the molecule is CN[C@H]1C[C@H](n2ccc3ccc(N4CCN(c5ccc(S(C)(=O)=O)cc5)CC4)nc32)C1. The van der Waals surface area contributed by atoms with Crippen molar-refractivity contribution in [3.63, 3.8) is 0 Å². The lowest BCUT2D eigenvalue weighted by molar-refractivity contribution is 0.240. The topological polar surface area (TPSA) is 70.5 Å². The Bertz CT molecular complexity index is 1170. The van der Waals surface area contributed by atoms with Crippen LogP contribution < -0.4 is 15.1 Å². The summed E-state index contributed by atoms with van der Waals surface area (Å²) < 4.78 is 25.7. The summed E-state index contributed by atoms with van der Waals surface area (Å²) >= 11 is 0. The van der Waals surface area contributed by atoms with E-state index in [1.807, 2.05) is 19.2 Å². The van der Waals surface area contributed by atoms with Gasteiger partial charge in [0, 0.05) is 61.8 Å². The van der Waals surface area contributed by atoms with Gasteiger partial charge in [0.15, 0.2) is 9.84 Å². The molecule has 0 radical (unpaired) electrons. The number of aromatic nitrogens is 2. The quantitative estimate of drug-likeness (QED) is 0.659. The molecule has 1 aliphatic carbocycles. The lowest BCUT2D eigenvalue weighted by Crippen LogP contribution is -2.46. The van der Waals surface area contributed by atoms with Crippen molar-refractivity contribution < 1.29 is 8.42 Å². The van der Waals surface area contributed by atoms with Gasteiger partial charge in [-0.3, -0.25) is 0 Å². The molecular formula is C23H29N5O2S. The van der Waals surface area contributed by atoms with Crippen molar-refractivity contribution >= 4 is 32.4 Å². The van der Waals surface area contributed by atoms with Gasteiger partial charge in [-0.1, -0.05) is 0 Å². The van der Waals surface area contributed by atoms with Gasteiger partial charge < -0.3 is 19.7 Å². The molecular weight excluding hydrogens is 410 g/mol. The molecule has 5 rings (SSSR count). The highest BCUT2D eigenvalue weighted by Gasteiger charge is 2.30. The summed E-state index contributed by atoms with van der Waals surface area (Å²) in [7, 11) is -1.13. The Balaban J connectivity index is 1.28. The van der Waals surface area contributed by atoms with Crippen molar-refractivity contribution in [1.82, 2.24) is 14.9 Å². The van der Waals surface area contributed by atoms with Crippen LogP contribution in [0.5, 0.6) is 0 Å². The first kappa shape index (κ1) is 20.3. The molecule has 0 atom stereocenters. The fourth-order valence-corrected chi connectivity index (χ4v) is 5.27. The molecule has 164 valence electrons. The predicted molar refractivity (Wildman–Crippen MR) is 125 cm³/mol. The summed E-state index contributed by atoms with van der Waals surface area (Å²) in [4.78, 5) is 10.0. The Kier molecular flexibility index (Phi) is 5.14. The standard InChI is InChI=1S/C23H29N5O2S/c1-24-18-15-20(16-18)28-10-9-17-3-8-22(25-23(17)28)27-13-11-26(12-14-27)19-4-6-21(7-5-19)31(2,29)30/h3-10,18,20,24H,11-16H2,1-2H3/t18-,20-. The van der Waals surface area contributed by atoms with Crippen LogP contribution in [-0.2, 0) is 9.84 Å². The summed E-state index contributed by atoms with van der Waals surface area (Å²) in [5, 5.41) is 4.55. The second-order valence-electron chi connectivity index (χ2n) is 8.66. The maximum atomic E-state index is 11.7. The van der Waals surface area contributed by atoms with Crippen LogP contribution in [0.15, 0.2) is 53.6 Å². The third-order valence-electron chi connectivity index (χ3n) is 6.70. The normalized spacial score (nSPS) is 22.0. The van der Waals surface area contributed by atoms with Crippen molar-refractivity contribution in [1.29, 1.82) is 0 Å². The molecule has 0 unspecified atom stereocenters. The Labute approximate surface area is 183 Å². The van der Waals surface area contributed by atoms with Gasteiger partial charge in [-0.15, -0.1) is 0 Å². The van der Waals surface area contributed by atoms with E-state index < -0.39 is 9.84 Å². The van der Waals surface area contributed by atoms with E-state index >= 15 is 0 Å². The minimum Gasteiger partial charge on any atom is -0.368 e. The third kappa shape index (κ3) is 3.90. The van der Waals surface area contributed by atoms with E-state index in [0.717, 1.165) is 56.2 Å². The maximum Gasteiger partial charge on any atom is 0.175 e. The van der Waals surface area contributed by atoms with Crippen LogP contribution in [0, 0.1) is 0 Å². The van der Waals surface area contributed by atoms with Crippen LogP contribution >= 0.6 is 0 Å². The van der Waals surface area contributed by atoms with Gasteiger partial charge in [-0.25, -0.2) is 13.4 Å². The van der Waals surface area contributed by atoms with E-state index in [-0.39, 0.29) is 0 Å². The molecule has 7 nitrogen and oxygen atoms in total. The van der Waals surface area contributed by atoms with Crippen LogP contribution in [0.4, 0.5) is 11.5 Å². The molecule has 1 aromatic carbocycles. The van der Waals surface area contributed by atoms with Crippen molar-refractivity contribution in [2.75, 3.05) is 49.3 Å². The highest BCUT2D eigenvalue weighted by atomic mass is 32.2. The number of hydrogen-bond acceptors (Lipinski definition) is 6. The van der Waals surface area contributed by atoms with Gasteiger partial charge in [0.05, 0.1) is 4.90 Å². The Hall–Kier alpha value is -2.58. The number of nitrogens with one attached hydrogen (secondary N) is 1. The zero-order chi connectivity index (χ0) is 21.6. The first-order valence-electron chi connectivity index (χ1n) is 10.9. The molecule has 0 spiro atoms. The first-order valence-corrected chi connectivity index (χ1v) is 12.8. The summed E-state index contributed by atoms with van der Waals surface area (Å²) in [6.07, 6.45) is 5.73. The van der Waals surface area contributed by atoms with Crippen LogP contribution in [-0.4, -0.2) is 63.5 Å². The predicted octanol–water partition coefficient (Wildman–Crippen LogP) is 2.69. The van der Waals surface area contributed by atoms with Crippen LogP contribution in [0.1, 0.15) is 18.9 Å². The van der Waals surface area contributed by atoms with E-state index in [9.17, 15) is 8.42 Å². The van der Waals surface area contributed by atoms with Gasteiger partial charge in [0.2, 0.25) is 0 Å². The van der Waals surface area contributed by atoms with E-state index in [1.165, 1.54) is 11.6 Å². The van der Waals surface area contributed by atoms with E-state index in [1.54, 1.807) is 12.1 Å². The maximum absolute atomic E-state index is 11.7. The molecule has 1 saturated heterocycles. The second-order valence-corrected chi connectivity index (χ2v) is 10.7. The van der Waals surface area contributed by atoms with E-state index in [4.69, 9.17) is 4.98 Å². The number of anilines is 2. The van der Waals surface area contributed by atoms with Crippen LogP contribution in [0.2, 0.25) is 0 Å². The third-order valence-corrected chi connectivity index (χ3v) is 7.83. The number of sulfone groups is 1. The fourth-order valence-electron chi connectivity index (χ4n) is 4.64. The number of pyridine rings is 1. The molecule has 31 heavy (non-hydrogen) atoms. The molecule has 1 N–H and O–H groups in total. The van der Waals surface area contributed by atoms with Crippen molar-refractivity contribution in [3.05, 3.63) is 48.7 Å². The van der Waals surface area contributed by atoms with Crippen molar-refractivity contribution in [2.24, 2.45) is 0 Å². The first-order chi connectivity index (χ1) is 14.9. The second kappa shape index (κ2) is 7.84. The average molecular weight is 440 g/mol. The monoisotopic (exact) mass is 439 g/mol. The minimum absolute atomic E-state index is 0.364. The van der Waals surface area contributed by atoms with Crippen LogP contribution in [0.25, 0.3) is 11.0 Å². The molecule has 2 fully saturated rings. The fraction of sp³-hybridized carbons (Fsp3) is 0.435. The van der Waals surface area contributed by atoms with Gasteiger partial charge in [-0.2, -0.15) is 0 Å². The van der Waals surface area contributed by atoms with E-state index in [2.05, 4.69) is 44.1 Å². The highest BCUT2D eigenvalue weighted by molar-refractivity contribution is 7.90. The summed E-state index contributed by atoms with van der Waals surface area (Å²) in [5.74, 6) is 1.03. The number of piperazine rings is 1. The van der Waals surface area contributed by atoms with Gasteiger partial charge in [0.1, 0.15) is 11.5 Å². The summed E-state index contributed by atoms with van der Waals surface area (Å²) in [6.45, 7) is 3.54. The highest BCUT2D eigenvalue weighted by Crippen LogP contribution is 2.35. The van der Waals surface area contributed by atoms with Gasteiger partial charge in [0.25, 0.3) is 0 Å². The summed E-state index contributed by atoms with van der Waals surface area (Å²) in [6, 6.07) is 14.8. The molecule has 3 heterocycles. The molecule has 1 aliphatic heterocycles. The van der Waals surface area contributed by atoms with Gasteiger partial charge >= 0.3 is 0 Å². The Morgan fingerprint density at radius 2 is 1.61 bits per heavy atom. The van der Waals surface area contributed by atoms with E-state index in [0.29, 0.717) is 17.0 Å². The lowest BCUT2D eigenvalue weighted by atomic mass is 9.87. The minimum atomic E-state index is -3.16. The number of fused-ring (bicyclic) bond motifs is 1. The smallest absolute Gasteiger partial charge is 0.175 e. The lowest BCUT2D eigenvalue weighted by Gasteiger charge is -2.37.